The van der Waals surface area contributed by atoms with Gasteiger partial charge < -0.3 is 4.74 Å². The molecule has 4 nitrogen and oxygen atoms in total. The third-order valence-electron chi connectivity index (χ3n) is 2.37. The van der Waals surface area contributed by atoms with Crippen LogP contribution in [0.3, 0.4) is 0 Å². The second kappa shape index (κ2) is 7.95. The quantitative estimate of drug-likeness (QED) is 0.335. The smallest absolute Gasteiger partial charge is 0.310 e. The maximum atomic E-state index is 10.7. The fourth-order valence-corrected chi connectivity index (χ4v) is 1.70. The highest BCUT2D eigenvalue weighted by molar-refractivity contribution is 7.80. The monoisotopic (exact) mass is 255 g/mol. The standard InChI is InChI=1S/C12H17NO3S/c14-13(15)11-7-3-4-8-12(11)16-9-5-1-2-6-10-17/h3-4,7-8,17H,1-2,5-6,9-10H2. The number of unbranched alkanes of at least 4 members (excludes halogenated alkanes) is 3. The Balaban J connectivity index is 2.34. The number of para-hydroxylation sites is 2. The fourth-order valence-electron chi connectivity index (χ4n) is 1.48. The minimum absolute atomic E-state index is 0.0304. The summed E-state index contributed by atoms with van der Waals surface area (Å²) in [6.45, 7) is 0.525. The molecule has 1 rings (SSSR count). The number of hydrogen-bond acceptors (Lipinski definition) is 4. The van der Waals surface area contributed by atoms with Gasteiger partial charge in [-0.3, -0.25) is 10.1 Å². The third-order valence-corrected chi connectivity index (χ3v) is 2.69. The predicted molar refractivity (Wildman–Crippen MR) is 70.9 cm³/mol. The van der Waals surface area contributed by atoms with E-state index in [1.54, 1.807) is 18.2 Å². The Labute approximate surface area is 107 Å². The minimum atomic E-state index is -0.420. The van der Waals surface area contributed by atoms with E-state index in [0.717, 1.165) is 31.4 Å². The van der Waals surface area contributed by atoms with Crippen molar-refractivity contribution in [2.45, 2.75) is 25.7 Å². The van der Waals surface area contributed by atoms with Crippen molar-refractivity contribution in [3.63, 3.8) is 0 Å². The van der Waals surface area contributed by atoms with Gasteiger partial charge in [0.2, 0.25) is 0 Å². The molecule has 0 saturated carbocycles. The molecule has 5 heteroatoms. The molecular formula is C12H17NO3S. The lowest BCUT2D eigenvalue weighted by molar-refractivity contribution is -0.385. The van der Waals surface area contributed by atoms with Crippen molar-refractivity contribution in [1.82, 2.24) is 0 Å². The van der Waals surface area contributed by atoms with Crippen LogP contribution in [0.5, 0.6) is 5.75 Å². The van der Waals surface area contributed by atoms with Gasteiger partial charge in [0.1, 0.15) is 0 Å². The third kappa shape index (κ3) is 5.08. The van der Waals surface area contributed by atoms with Crippen LogP contribution in [0.1, 0.15) is 25.7 Å². The molecular weight excluding hydrogens is 238 g/mol. The fraction of sp³-hybridized carbons (Fsp3) is 0.500. The Morgan fingerprint density at radius 3 is 2.59 bits per heavy atom. The van der Waals surface area contributed by atoms with E-state index < -0.39 is 4.92 Å². The van der Waals surface area contributed by atoms with Crippen LogP contribution in [0.15, 0.2) is 24.3 Å². The molecule has 94 valence electrons. The molecule has 0 unspecified atom stereocenters. The molecule has 0 aliphatic rings. The van der Waals surface area contributed by atoms with Gasteiger partial charge in [0.25, 0.3) is 0 Å². The van der Waals surface area contributed by atoms with E-state index in [1.165, 1.54) is 6.07 Å². The number of nitrogens with zero attached hydrogens (tertiary/aromatic N) is 1. The van der Waals surface area contributed by atoms with Crippen LogP contribution in [0.2, 0.25) is 0 Å². The average molecular weight is 255 g/mol. The molecule has 17 heavy (non-hydrogen) atoms. The Hall–Kier alpha value is -1.23. The van der Waals surface area contributed by atoms with Crippen molar-refractivity contribution in [2.75, 3.05) is 12.4 Å². The molecule has 0 amide bonds. The molecule has 0 aromatic heterocycles. The van der Waals surface area contributed by atoms with Crippen LogP contribution >= 0.6 is 12.6 Å². The summed E-state index contributed by atoms with van der Waals surface area (Å²) in [5.41, 5.74) is 0.0304. The Kier molecular flexibility index (Phi) is 6.47. The van der Waals surface area contributed by atoms with Gasteiger partial charge in [-0.05, 0) is 24.7 Å². The Bertz CT molecular complexity index is 357. The number of thiol groups is 1. The molecule has 0 atom stereocenters. The SMILES string of the molecule is O=[N+]([O-])c1ccccc1OCCCCCCS. The van der Waals surface area contributed by atoms with Gasteiger partial charge in [0.15, 0.2) is 5.75 Å². The maximum absolute atomic E-state index is 10.7. The van der Waals surface area contributed by atoms with Crippen molar-refractivity contribution in [3.8, 4) is 5.75 Å². The van der Waals surface area contributed by atoms with Crippen LogP contribution in [0.25, 0.3) is 0 Å². The average Bonchev–Trinajstić information content (AvgIpc) is 2.34. The van der Waals surface area contributed by atoms with Crippen LogP contribution in [-0.2, 0) is 0 Å². The number of rotatable bonds is 8. The van der Waals surface area contributed by atoms with Gasteiger partial charge in [-0.1, -0.05) is 25.0 Å². The zero-order valence-corrected chi connectivity index (χ0v) is 10.6. The van der Waals surface area contributed by atoms with Crippen molar-refractivity contribution in [3.05, 3.63) is 34.4 Å². The Morgan fingerprint density at radius 2 is 1.88 bits per heavy atom. The minimum Gasteiger partial charge on any atom is -0.487 e. The van der Waals surface area contributed by atoms with Crippen LogP contribution in [0.4, 0.5) is 5.69 Å². The largest absolute Gasteiger partial charge is 0.487 e. The van der Waals surface area contributed by atoms with Gasteiger partial charge >= 0.3 is 5.69 Å². The van der Waals surface area contributed by atoms with E-state index in [4.69, 9.17) is 4.74 Å². The first-order valence-corrected chi connectivity index (χ1v) is 6.36. The number of hydrogen-bond donors (Lipinski definition) is 1. The van der Waals surface area contributed by atoms with Crippen molar-refractivity contribution in [2.24, 2.45) is 0 Å². The summed E-state index contributed by atoms with van der Waals surface area (Å²) in [7, 11) is 0. The zero-order valence-electron chi connectivity index (χ0n) is 9.67. The first-order chi connectivity index (χ1) is 8.25. The molecule has 0 fully saturated rings. The molecule has 0 aliphatic heterocycles. The van der Waals surface area contributed by atoms with Gasteiger partial charge in [-0.2, -0.15) is 12.6 Å². The normalized spacial score (nSPS) is 10.2. The summed E-state index contributed by atoms with van der Waals surface area (Å²) in [4.78, 5) is 10.3. The highest BCUT2D eigenvalue weighted by atomic mass is 32.1. The highest BCUT2D eigenvalue weighted by Gasteiger charge is 2.12. The van der Waals surface area contributed by atoms with E-state index in [2.05, 4.69) is 12.6 Å². The number of nitro benzene ring substituents is 1. The summed E-state index contributed by atoms with van der Waals surface area (Å²) in [6, 6.07) is 6.46. The predicted octanol–water partition coefficient (Wildman–Crippen LogP) is 3.46. The lowest BCUT2D eigenvalue weighted by Gasteiger charge is -2.06. The van der Waals surface area contributed by atoms with Crippen molar-refractivity contribution >= 4 is 18.3 Å². The number of ether oxygens (including phenoxy) is 1. The summed E-state index contributed by atoms with van der Waals surface area (Å²) in [6.07, 6.45) is 4.22. The molecule has 0 radical (unpaired) electrons. The van der Waals surface area contributed by atoms with E-state index in [9.17, 15) is 10.1 Å². The van der Waals surface area contributed by atoms with Crippen LogP contribution in [0, 0.1) is 10.1 Å². The topological polar surface area (TPSA) is 52.4 Å². The highest BCUT2D eigenvalue weighted by Crippen LogP contribution is 2.25. The molecule has 0 heterocycles. The maximum Gasteiger partial charge on any atom is 0.310 e. The second-order valence-electron chi connectivity index (χ2n) is 3.71. The van der Waals surface area contributed by atoms with Crippen LogP contribution in [-0.4, -0.2) is 17.3 Å². The zero-order chi connectivity index (χ0) is 12.5. The summed E-state index contributed by atoms with van der Waals surface area (Å²) >= 11 is 4.13. The Morgan fingerprint density at radius 1 is 1.18 bits per heavy atom. The molecule has 0 bridgehead atoms. The number of nitro groups is 1. The molecule has 0 saturated heterocycles. The lowest BCUT2D eigenvalue weighted by atomic mass is 10.2. The van der Waals surface area contributed by atoms with Crippen molar-refractivity contribution in [1.29, 1.82) is 0 Å². The molecule has 0 N–H and O–H groups in total. The van der Waals surface area contributed by atoms with Gasteiger partial charge in [0.05, 0.1) is 11.5 Å². The van der Waals surface area contributed by atoms with Gasteiger partial charge in [-0.15, -0.1) is 0 Å². The van der Waals surface area contributed by atoms with E-state index in [1.807, 2.05) is 0 Å². The van der Waals surface area contributed by atoms with Crippen molar-refractivity contribution < 1.29 is 9.66 Å². The summed E-state index contributed by atoms with van der Waals surface area (Å²) in [5, 5.41) is 10.7. The molecule has 1 aromatic rings. The first-order valence-electron chi connectivity index (χ1n) is 5.73. The molecule has 0 aliphatic carbocycles. The van der Waals surface area contributed by atoms with E-state index >= 15 is 0 Å². The van der Waals surface area contributed by atoms with E-state index in [0.29, 0.717) is 12.4 Å². The van der Waals surface area contributed by atoms with Gasteiger partial charge in [-0.25, -0.2) is 0 Å². The van der Waals surface area contributed by atoms with Crippen LogP contribution < -0.4 is 4.74 Å². The van der Waals surface area contributed by atoms with Gasteiger partial charge in [0, 0.05) is 6.07 Å². The molecule has 1 aromatic carbocycles. The lowest BCUT2D eigenvalue weighted by Crippen LogP contribution is -2.00. The molecule has 0 spiro atoms. The number of benzene rings is 1. The summed E-state index contributed by atoms with van der Waals surface area (Å²) in [5.74, 6) is 1.26. The van der Waals surface area contributed by atoms with E-state index in [-0.39, 0.29) is 5.69 Å². The second-order valence-corrected chi connectivity index (χ2v) is 4.16. The summed E-state index contributed by atoms with van der Waals surface area (Å²) < 4.78 is 5.42. The first kappa shape index (κ1) is 13.8.